The Morgan fingerprint density at radius 1 is 1.14 bits per heavy atom. The molecule has 238 valence electrons. The number of nitrogens with one attached hydrogen (secondary N) is 2. The summed E-state index contributed by atoms with van der Waals surface area (Å²) >= 11 is 0. The van der Waals surface area contributed by atoms with Gasteiger partial charge in [-0.1, -0.05) is 38.1 Å². The molecule has 4 aliphatic rings. The van der Waals surface area contributed by atoms with Gasteiger partial charge in [0.15, 0.2) is 0 Å². The van der Waals surface area contributed by atoms with E-state index in [0.29, 0.717) is 48.2 Å². The zero-order valence-electron chi connectivity index (χ0n) is 27.1. The predicted octanol–water partition coefficient (Wildman–Crippen LogP) is 4.34. The molecule has 3 saturated carbocycles. The van der Waals surface area contributed by atoms with E-state index in [2.05, 4.69) is 31.4 Å². The summed E-state index contributed by atoms with van der Waals surface area (Å²) in [4.78, 5) is 26.8. The summed E-state index contributed by atoms with van der Waals surface area (Å²) < 4.78 is 24.9. The van der Waals surface area contributed by atoms with Crippen molar-refractivity contribution in [3.8, 4) is 5.75 Å². The molecule has 2 bridgehead atoms. The number of para-hydroxylation sites is 1. The lowest BCUT2D eigenvalue weighted by atomic mass is 9.43. The third-order valence-corrected chi connectivity index (χ3v) is 9.78. The lowest BCUT2D eigenvalue weighted by Gasteiger charge is -2.64. The van der Waals surface area contributed by atoms with E-state index in [1.54, 1.807) is 18.2 Å². The second-order valence-corrected chi connectivity index (χ2v) is 14.2. The minimum Gasteiger partial charge on any atom is -0.496 e. The summed E-state index contributed by atoms with van der Waals surface area (Å²) in [5.41, 5.74) is 1.57. The standard InChI is InChI=1S/C34H47BN2O7/c1-32(2,3)42-31(40)25-13-9-11-22(29(25)41-7)17-28(37-30(39)23-12-8-10-21(16-23)20-36-14-15-38)35-43-27-19-24-18-26(33(24,4)5)34(27,6)44-35/h8-13,16,24,26-28,36,38H,14-15,17-20H2,1-7H3,(H,37,39). The maximum atomic E-state index is 13.8. The average Bonchev–Trinajstić information content (AvgIpc) is 3.33. The van der Waals surface area contributed by atoms with Gasteiger partial charge in [0.05, 0.1) is 31.4 Å². The van der Waals surface area contributed by atoms with E-state index in [4.69, 9.17) is 23.9 Å². The number of benzene rings is 2. The van der Waals surface area contributed by atoms with Crippen LogP contribution in [0.1, 0.15) is 86.2 Å². The average molecular weight is 607 g/mol. The molecule has 3 aliphatic carbocycles. The molecular formula is C34H47BN2O7. The number of hydrogen-bond acceptors (Lipinski definition) is 8. The Labute approximate surface area is 261 Å². The maximum Gasteiger partial charge on any atom is 0.482 e. The summed E-state index contributed by atoms with van der Waals surface area (Å²) in [6, 6.07) is 12.8. The van der Waals surface area contributed by atoms with Gasteiger partial charge in [0.1, 0.15) is 16.9 Å². The normalized spacial score (nSPS) is 25.9. The Hall–Kier alpha value is -2.92. The quantitative estimate of drug-likeness (QED) is 0.197. The molecule has 2 aromatic rings. The van der Waals surface area contributed by atoms with Crippen LogP contribution in [-0.2, 0) is 27.0 Å². The Kier molecular flexibility index (Phi) is 9.20. The topological polar surface area (TPSA) is 115 Å². The molecule has 6 rings (SSSR count). The molecule has 0 spiro atoms. The summed E-state index contributed by atoms with van der Waals surface area (Å²) in [5.74, 6) is 0.0737. The Balaban J connectivity index is 1.43. The molecule has 44 heavy (non-hydrogen) atoms. The van der Waals surface area contributed by atoms with Gasteiger partial charge in [-0.2, -0.15) is 0 Å². The van der Waals surface area contributed by atoms with Crippen LogP contribution < -0.4 is 15.4 Å². The first-order chi connectivity index (χ1) is 20.8. The number of rotatable bonds is 11. The molecular weight excluding hydrogens is 559 g/mol. The molecule has 10 heteroatoms. The van der Waals surface area contributed by atoms with Crippen molar-refractivity contribution in [1.82, 2.24) is 10.6 Å². The van der Waals surface area contributed by atoms with E-state index in [9.17, 15) is 9.59 Å². The highest BCUT2D eigenvalue weighted by atomic mass is 16.7. The first-order valence-electron chi connectivity index (χ1n) is 15.7. The van der Waals surface area contributed by atoms with Crippen molar-refractivity contribution < 1.29 is 33.5 Å². The van der Waals surface area contributed by atoms with Gasteiger partial charge in [0, 0.05) is 18.7 Å². The number of aliphatic hydroxyl groups excluding tert-OH is 1. The molecule has 3 N–H and O–H groups in total. The van der Waals surface area contributed by atoms with Gasteiger partial charge in [-0.15, -0.1) is 0 Å². The molecule has 5 atom stereocenters. The number of hydrogen-bond donors (Lipinski definition) is 3. The van der Waals surface area contributed by atoms with E-state index in [1.165, 1.54) is 7.11 Å². The van der Waals surface area contributed by atoms with Gasteiger partial charge in [0.25, 0.3) is 5.91 Å². The van der Waals surface area contributed by atoms with Crippen LogP contribution in [0, 0.1) is 17.3 Å². The summed E-state index contributed by atoms with van der Waals surface area (Å²) in [5, 5.41) is 15.5. The van der Waals surface area contributed by atoms with E-state index in [0.717, 1.165) is 24.0 Å². The van der Waals surface area contributed by atoms with Crippen molar-refractivity contribution in [3.63, 3.8) is 0 Å². The number of carbonyl (C=O) groups is 2. The lowest BCUT2D eigenvalue weighted by molar-refractivity contribution is -0.199. The third kappa shape index (κ3) is 6.40. The molecule has 1 aliphatic heterocycles. The van der Waals surface area contributed by atoms with Gasteiger partial charge in [-0.3, -0.25) is 4.79 Å². The minimum absolute atomic E-state index is 0.0422. The number of methoxy groups -OCH3 is 1. The number of carbonyl (C=O) groups excluding carboxylic acids is 2. The highest BCUT2D eigenvalue weighted by molar-refractivity contribution is 6.48. The highest BCUT2D eigenvalue weighted by Crippen LogP contribution is 2.65. The molecule has 0 radical (unpaired) electrons. The Bertz CT molecular complexity index is 1380. The van der Waals surface area contributed by atoms with E-state index >= 15 is 0 Å². The van der Waals surface area contributed by atoms with Crippen LogP contribution in [0.25, 0.3) is 0 Å². The van der Waals surface area contributed by atoms with Gasteiger partial charge in [-0.25, -0.2) is 4.79 Å². The van der Waals surface area contributed by atoms with Crippen LogP contribution in [0.15, 0.2) is 42.5 Å². The third-order valence-electron chi connectivity index (χ3n) is 9.78. The number of ether oxygens (including phenoxy) is 2. The van der Waals surface area contributed by atoms with Crippen LogP contribution in [0.4, 0.5) is 0 Å². The van der Waals surface area contributed by atoms with Crippen molar-refractivity contribution in [1.29, 1.82) is 0 Å². The fourth-order valence-electron chi connectivity index (χ4n) is 7.39. The second kappa shape index (κ2) is 12.5. The predicted molar refractivity (Wildman–Crippen MR) is 168 cm³/mol. The van der Waals surface area contributed by atoms with Crippen LogP contribution in [0.5, 0.6) is 5.75 Å². The van der Waals surface area contributed by atoms with Gasteiger partial charge in [-0.05, 0) is 93.5 Å². The molecule has 1 heterocycles. The zero-order chi connectivity index (χ0) is 31.9. The molecule has 1 amide bonds. The molecule has 2 aromatic carbocycles. The molecule has 9 nitrogen and oxygen atoms in total. The molecule has 5 unspecified atom stereocenters. The zero-order valence-corrected chi connectivity index (χ0v) is 27.1. The molecule has 1 saturated heterocycles. The molecule has 4 fully saturated rings. The number of aliphatic hydroxyl groups is 1. The van der Waals surface area contributed by atoms with Crippen LogP contribution in [-0.4, -0.2) is 67.6 Å². The highest BCUT2D eigenvalue weighted by Gasteiger charge is 2.68. The van der Waals surface area contributed by atoms with Crippen molar-refractivity contribution in [2.45, 2.75) is 90.6 Å². The monoisotopic (exact) mass is 606 g/mol. The Morgan fingerprint density at radius 2 is 1.89 bits per heavy atom. The number of esters is 1. The first-order valence-corrected chi connectivity index (χ1v) is 15.7. The fourth-order valence-corrected chi connectivity index (χ4v) is 7.39. The van der Waals surface area contributed by atoms with Gasteiger partial charge in [0.2, 0.25) is 0 Å². The minimum atomic E-state index is -0.687. The summed E-state index contributed by atoms with van der Waals surface area (Å²) in [6.45, 7) is 13.3. The number of amides is 1. The van der Waals surface area contributed by atoms with Crippen molar-refractivity contribution >= 4 is 19.0 Å². The van der Waals surface area contributed by atoms with E-state index < -0.39 is 30.2 Å². The van der Waals surface area contributed by atoms with Gasteiger partial charge >= 0.3 is 13.1 Å². The second-order valence-electron chi connectivity index (χ2n) is 14.2. The lowest BCUT2D eigenvalue weighted by Crippen LogP contribution is -2.65. The summed E-state index contributed by atoms with van der Waals surface area (Å²) in [6.07, 6.45) is 2.31. The molecule has 0 aromatic heterocycles. The van der Waals surface area contributed by atoms with E-state index in [1.807, 2.05) is 45.0 Å². The summed E-state index contributed by atoms with van der Waals surface area (Å²) in [7, 11) is 0.845. The smallest absolute Gasteiger partial charge is 0.482 e. The Morgan fingerprint density at radius 3 is 2.57 bits per heavy atom. The first kappa shape index (κ1) is 32.5. The van der Waals surface area contributed by atoms with Crippen LogP contribution in [0.2, 0.25) is 0 Å². The van der Waals surface area contributed by atoms with Crippen molar-refractivity contribution in [2.24, 2.45) is 17.3 Å². The fraction of sp³-hybridized carbons (Fsp3) is 0.588. The van der Waals surface area contributed by atoms with Gasteiger partial charge < -0.3 is 34.5 Å². The van der Waals surface area contributed by atoms with E-state index in [-0.39, 0.29) is 24.0 Å². The maximum absolute atomic E-state index is 13.8. The van der Waals surface area contributed by atoms with Crippen molar-refractivity contribution in [2.75, 3.05) is 20.3 Å². The SMILES string of the molecule is COc1c(CC(NC(=O)c2cccc(CNCCO)c2)B2OC3CC4CC(C4(C)C)C3(C)O2)cccc1C(=O)OC(C)(C)C. The van der Waals surface area contributed by atoms with Crippen molar-refractivity contribution in [3.05, 3.63) is 64.7 Å². The van der Waals surface area contributed by atoms with Crippen LogP contribution >= 0.6 is 0 Å². The largest absolute Gasteiger partial charge is 0.496 e. The van der Waals surface area contributed by atoms with Crippen LogP contribution in [0.3, 0.4) is 0 Å².